The van der Waals surface area contributed by atoms with Gasteiger partial charge in [0.25, 0.3) is 0 Å². The predicted octanol–water partition coefficient (Wildman–Crippen LogP) is 1.51. The Balaban J connectivity index is 2.02. The molecule has 1 saturated carbocycles. The van der Waals surface area contributed by atoms with E-state index in [4.69, 9.17) is 9.47 Å². The highest BCUT2D eigenvalue weighted by Crippen LogP contribution is 2.38. The lowest BCUT2D eigenvalue weighted by Gasteiger charge is -2.42. The van der Waals surface area contributed by atoms with Crippen molar-refractivity contribution in [2.75, 3.05) is 19.8 Å². The third-order valence-electron chi connectivity index (χ3n) is 4.49. The standard InChI is InChI=1S/C15H25NO4/c1-3-19-14(17)10-5-6-13-12(9-10)11(7-8-16-13)15(18)20-4-2/h10-13,16H,3-9H2,1-2H3/t10-,11+,12+,13+/m1/s1. The van der Waals surface area contributed by atoms with Gasteiger partial charge in [-0.2, -0.15) is 0 Å². The maximum Gasteiger partial charge on any atom is 0.309 e. The molecule has 20 heavy (non-hydrogen) atoms. The fraction of sp³-hybridized carbons (Fsp3) is 0.867. The fourth-order valence-corrected chi connectivity index (χ4v) is 3.56. The molecule has 1 saturated heterocycles. The number of nitrogens with one attached hydrogen (secondary N) is 1. The van der Waals surface area contributed by atoms with Crippen molar-refractivity contribution in [3.05, 3.63) is 0 Å². The van der Waals surface area contributed by atoms with Crippen LogP contribution < -0.4 is 5.32 Å². The predicted molar refractivity (Wildman–Crippen MR) is 74.0 cm³/mol. The molecule has 1 N–H and O–H groups in total. The van der Waals surface area contributed by atoms with Crippen LogP contribution in [0, 0.1) is 17.8 Å². The minimum Gasteiger partial charge on any atom is -0.466 e. The normalized spacial score (nSPS) is 33.1. The minimum atomic E-state index is -0.112. The van der Waals surface area contributed by atoms with Crippen LogP contribution in [0.5, 0.6) is 0 Å². The third-order valence-corrected chi connectivity index (χ3v) is 4.49. The third kappa shape index (κ3) is 3.32. The number of piperidine rings is 1. The van der Waals surface area contributed by atoms with E-state index in [1.165, 1.54) is 0 Å². The number of fused-ring (bicyclic) bond motifs is 1. The zero-order chi connectivity index (χ0) is 14.5. The molecule has 0 bridgehead atoms. The van der Waals surface area contributed by atoms with Gasteiger partial charge in [-0.25, -0.2) is 0 Å². The summed E-state index contributed by atoms with van der Waals surface area (Å²) in [6.07, 6.45) is 3.32. The van der Waals surface area contributed by atoms with Crippen molar-refractivity contribution < 1.29 is 19.1 Å². The summed E-state index contributed by atoms with van der Waals surface area (Å²) in [5.41, 5.74) is 0. The summed E-state index contributed by atoms with van der Waals surface area (Å²) in [4.78, 5) is 24.0. The van der Waals surface area contributed by atoms with Gasteiger partial charge in [-0.05, 0) is 52.0 Å². The highest BCUT2D eigenvalue weighted by atomic mass is 16.5. The Bertz CT molecular complexity index is 358. The molecule has 0 spiro atoms. The van der Waals surface area contributed by atoms with Gasteiger partial charge >= 0.3 is 11.9 Å². The van der Waals surface area contributed by atoms with Crippen LogP contribution in [-0.4, -0.2) is 37.7 Å². The van der Waals surface area contributed by atoms with Gasteiger partial charge in [0.1, 0.15) is 0 Å². The molecule has 2 fully saturated rings. The molecule has 0 aromatic rings. The van der Waals surface area contributed by atoms with Gasteiger partial charge in [-0.1, -0.05) is 0 Å². The quantitative estimate of drug-likeness (QED) is 0.792. The lowest BCUT2D eigenvalue weighted by atomic mass is 9.69. The molecule has 2 aliphatic rings. The van der Waals surface area contributed by atoms with Crippen molar-refractivity contribution in [1.29, 1.82) is 0 Å². The number of hydrogen-bond donors (Lipinski definition) is 1. The molecule has 114 valence electrons. The van der Waals surface area contributed by atoms with E-state index in [1.807, 2.05) is 13.8 Å². The Hall–Kier alpha value is -1.10. The van der Waals surface area contributed by atoms with Crippen molar-refractivity contribution in [1.82, 2.24) is 5.32 Å². The Kier molecular flexibility index (Phi) is 5.40. The summed E-state index contributed by atoms with van der Waals surface area (Å²) in [6.45, 7) is 5.35. The Labute approximate surface area is 120 Å². The van der Waals surface area contributed by atoms with E-state index in [-0.39, 0.29) is 29.7 Å². The van der Waals surface area contributed by atoms with Crippen LogP contribution in [0.1, 0.15) is 39.5 Å². The molecule has 0 aromatic heterocycles. The molecule has 0 amide bonds. The average Bonchev–Trinajstić information content (AvgIpc) is 2.46. The number of carbonyl (C=O) groups excluding carboxylic acids is 2. The first-order valence-electron chi connectivity index (χ1n) is 7.74. The van der Waals surface area contributed by atoms with Crippen LogP contribution >= 0.6 is 0 Å². The molecule has 5 heteroatoms. The average molecular weight is 283 g/mol. The first-order valence-corrected chi connectivity index (χ1v) is 7.74. The molecule has 0 aromatic carbocycles. The largest absolute Gasteiger partial charge is 0.466 e. The smallest absolute Gasteiger partial charge is 0.309 e. The molecule has 5 nitrogen and oxygen atoms in total. The SMILES string of the molecule is CCOC(=O)[C@@H]1CC[C@@H]2NCC[C@H](C(=O)OCC)[C@@H]2C1. The second-order valence-corrected chi connectivity index (χ2v) is 5.63. The van der Waals surface area contributed by atoms with Crippen LogP contribution in [0.2, 0.25) is 0 Å². The van der Waals surface area contributed by atoms with E-state index in [1.54, 1.807) is 0 Å². The number of carbonyl (C=O) groups is 2. The molecule has 2 rings (SSSR count). The molecule has 4 atom stereocenters. The Morgan fingerprint density at radius 2 is 1.75 bits per heavy atom. The summed E-state index contributed by atoms with van der Waals surface area (Å²) in [6, 6.07) is 0.337. The summed E-state index contributed by atoms with van der Waals surface area (Å²) in [5, 5.41) is 3.48. The highest BCUT2D eigenvalue weighted by Gasteiger charge is 2.43. The molecule has 1 aliphatic carbocycles. The van der Waals surface area contributed by atoms with Crippen LogP contribution in [0.4, 0.5) is 0 Å². The van der Waals surface area contributed by atoms with Gasteiger partial charge in [-0.15, -0.1) is 0 Å². The molecular weight excluding hydrogens is 258 g/mol. The van der Waals surface area contributed by atoms with Crippen LogP contribution in [0.3, 0.4) is 0 Å². The van der Waals surface area contributed by atoms with E-state index in [2.05, 4.69) is 5.32 Å². The van der Waals surface area contributed by atoms with E-state index >= 15 is 0 Å². The summed E-state index contributed by atoms with van der Waals surface area (Å²) < 4.78 is 10.3. The molecule has 1 aliphatic heterocycles. The lowest BCUT2D eigenvalue weighted by molar-refractivity contribution is -0.157. The highest BCUT2D eigenvalue weighted by molar-refractivity contribution is 5.74. The van der Waals surface area contributed by atoms with Gasteiger partial charge in [0.05, 0.1) is 25.0 Å². The lowest BCUT2D eigenvalue weighted by Crippen LogP contribution is -2.52. The van der Waals surface area contributed by atoms with E-state index in [0.29, 0.717) is 19.3 Å². The van der Waals surface area contributed by atoms with Crippen LogP contribution in [0.25, 0.3) is 0 Å². The molecular formula is C15H25NO4. The van der Waals surface area contributed by atoms with E-state index in [9.17, 15) is 9.59 Å². The van der Waals surface area contributed by atoms with Crippen molar-refractivity contribution in [3.8, 4) is 0 Å². The van der Waals surface area contributed by atoms with E-state index < -0.39 is 0 Å². The second kappa shape index (κ2) is 7.07. The zero-order valence-electron chi connectivity index (χ0n) is 12.4. The number of hydrogen-bond acceptors (Lipinski definition) is 5. The van der Waals surface area contributed by atoms with Gasteiger partial charge in [0, 0.05) is 6.04 Å². The molecule has 0 radical (unpaired) electrons. The number of rotatable bonds is 4. The summed E-state index contributed by atoms with van der Waals surface area (Å²) >= 11 is 0. The Morgan fingerprint density at radius 1 is 1.05 bits per heavy atom. The topological polar surface area (TPSA) is 64.6 Å². The minimum absolute atomic E-state index is 0.0620. The van der Waals surface area contributed by atoms with Gasteiger partial charge < -0.3 is 14.8 Å². The maximum absolute atomic E-state index is 12.1. The fourth-order valence-electron chi connectivity index (χ4n) is 3.56. The first-order chi connectivity index (χ1) is 9.67. The van der Waals surface area contributed by atoms with Gasteiger partial charge in [0.2, 0.25) is 0 Å². The summed E-state index contributed by atoms with van der Waals surface area (Å²) in [7, 11) is 0. The van der Waals surface area contributed by atoms with Crippen molar-refractivity contribution in [2.24, 2.45) is 17.8 Å². The van der Waals surface area contributed by atoms with Crippen molar-refractivity contribution in [3.63, 3.8) is 0 Å². The maximum atomic E-state index is 12.1. The number of esters is 2. The first kappa shape index (κ1) is 15.3. The van der Waals surface area contributed by atoms with Crippen LogP contribution in [0.15, 0.2) is 0 Å². The summed E-state index contributed by atoms with van der Waals surface area (Å²) in [5.74, 6) is -0.148. The van der Waals surface area contributed by atoms with E-state index in [0.717, 1.165) is 32.2 Å². The van der Waals surface area contributed by atoms with Gasteiger partial charge in [-0.3, -0.25) is 9.59 Å². The zero-order valence-corrected chi connectivity index (χ0v) is 12.4. The number of ether oxygens (including phenoxy) is 2. The second-order valence-electron chi connectivity index (χ2n) is 5.63. The molecule has 0 unspecified atom stereocenters. The van der Waals surface area contributed by atoms with Crippen molar-refractivity contribution in [2.45, 2.75) is 45.6 Å². The van der Waals surface area contributed by atoms with Crippen LogP contribution in [-0.2, 0) is 19.1 Å². The van der Waals surface area contributed by atoms with Gasteiger partial charge in [0.15, 0.2) is 0 Å². The monoisotopic (exact) mass is 283 g/mol. The van der Waals surface area contributed by atoms with Crippen molar-refractivity contribution >= 4 is 11.9 Å². The molecule has 1 heterocycles. The Morgan fingerprint density at radius 3 is 2.45 bits per heavy atom.